The Labute approximate surface area is 203 Å². The first-order chi connectivity index (χ1) is 16.8. The molecule has 2 aliphatic rings. The van der Waals surface area contributed by atoms with Gasteiger partial charge in [-0.1, -0.05) is 24.3 Å². The number of nitrogens with zero attached hydrogens (tertiary/aromatic N) is 4. The van der Waals surface area contributed by atoms with Gasteiger partial charge in [-0.3, -0.25) is 4.79 Å². The summed E-state index contributed by atoms with van der Waals surface area (Å²) in [5.41, 5.74) is 2.32. The predicted molar refractivity (Wildman–Crippen MR) is 129 cm³/mol. The average Bonchev–Trinajstić information content (AvgIpc) is 3.23. The topological polar surface area (TPSA) is 102 Å². The van der Waals surface area contributed by atoms with Crippen LogP contribution in [0, 0.1) is 0 Å². The highest BCUT2D eigenvalue weighted by Gasteiger charge is 2.36. The summed E-state index contributed by atoms with van der Waals surface area (Å²) in [6.45, 7) is 4.74. The first-order valence-electron chi connectivity index (χ1n) is 11.5. The second-order valence-corrected chi connectivity index (χ2v) is 10.7. The number of likely N-dealkylation sites (N-methyl/N-ethyl adjacent to an activating group) is 1. The van der Waals surface area contributed by atoms with Crippen LogP contribution in [-0.4, -0.2) is 79.7 Å². The summed E-state index contributed by atoms with van der Waals surface area (Å²) in [4.78, 5) is 30.1. The molecule has 10 heteroatoms. The molecule has 0 atom stereocenters. The van der Waals surface area contributed by atoms with E-state index in [1.54, 1.807) is 60.1 Å². The third-order valence-corrected chi connectivity index (χ3v) is 8.09. The van der Waals surface area contributed by atoms with Crippen LogP contribution in [0.4, 0.5) is 0 Å². The van der Waals surface area contributed by atoms with Crippen molar-refractivity contribution < 1.29 is 22.7 Å². The second kappa shape index (κ2) is 8.94. The number of amides is 1. The van der Waals surface area contributed by atoms with Crippen LogP contribution < -0.4 is 0 Å². The van der Waals surface area contributed by atoms with Crippen molar-refractivity contribution in [3.8, 4) is 16.9 Å². The first-order valence-corrected chi connectivity index (χ1v) is 13.1. The molecule has 0 bridgehead atoms. The molecule has 1 aromatic heterocycles. The SMILES string of the molecule is CCOC(=O)c1nn(-c2cccc(C(=O)N3CCN(C)CC3)c2)c2c1CS(=O)(=O)c1ccccc1-2. The maximum atomic E-state index is 13.2. The molecule has 9 nitrogen and oxygen atoms in total. The molecule has 2 aliphatic heterocycles. The van der Waals surface area contributed by atoms with Gasteiger partial charge < -0.3 is 14.5 Å². The monoisotopic (exact) mass is 494 g/mol. The van der Waals surface area contributed by atoms with E-state index in [0.717, 1.165) is 13.1 Å². The fourth-order valence-corrected chi connectivity index (χ4v) is 6.17. The Balaban J connectivity index is 1.64. The zero-order valence-corrected chi connectivity index (χ0v) is 20.4. The molecule has 5 rings (SSSR count). The van der Waals surface area contributed by atoms with Gasteiger partial charge in [-0.25, -0.2) is 17.9 Å². The summed E-state index contributed by atoms with van der Waals surface area (Å²) in [6, 6.07) is 13.7. The second-order valence-electron chi connectivity index (χ2n) is 8.71. The van der Waals surface area contributed by atoms with Gasteiger partial charge in [0.05, 0.1) is 28.6 Å². The summed E-state index contributed by atoms with van der Waals surface area (Å²) in [7, 11) is -1.63. The van der Waals surface area contributed by atoms with Gasteiger partial charge in [0.25, 0.3) is 5.91 Å². The molecule has 0 spiro atoms. The van der Waals surface area contributed by atoms with E-state index in [1.807, 2.05) is 11.9 Å². The fraction of sp³-hybridized carbons (Fsp3) is 0.320. The first kappa shape index (κ1) is 23.3. The number of benzene rings is 2. The molecule has 35 heavy (non-hydrogen) atoms. The van der Waals surface area contributed by atoms with Crippen molar-refractivity contribution in [2.75, 3.05) is 39.8 Å². The number of carbonyl (C=O) groups is 2. The Kier molecular flexibility index (Phi) is 5.94. The number of sulfone groups is 1. The van der Waals surface area contributed by atoms with Gasteiger partial charge in [0.2, 0.25) is 0 Å². The summed E-state index contributed by atoms with van der Waals surface area (Å²) in [5, 5.41) is 4.51. The zero-order chi connectivity index (χ0) is 24.7. The quantitative estimate of drug-likeness (QED) is 0.513. The number of ether oxygens (including phenoxy) is 1. The van der Waals surface area contributed by atoms with Crippen LogP contribution in [0.2, 0.25) is 0 Å². The fourth-order valence-electron chi connectivity index (χ4n) is 4.58. The number of esters is 1. The van der Waals surface area contributed by atoms with Crippen LogP contribution in [0.1, 0.15) is 33.3 Å². The van der Waals surface area contributed by atoms with E-state index in [-0.39, 0.29) is 28.9 Å². The van der Waals surface area contributed by atoms with E-state index in [2.05, 4.69) is 10.00 Å². The summed E-state index contributed by atoms with van der Waals surface area (Å²) >= 11 is 0. The number of hydrogen-bond donors (Lipinski definition) is 0. The third-order valence-electron chi connectivity index (χ3n) is 6.39. The van der Waals surface area contributed by atoms with Gasteiger partial charge in [0.1, 0.15) is 0 Å². The lowest BCUT2D eigenvalue weighted by atomic mass is 10.1. The highest BCUT2D eigenvalue weighted by Crippen LogP contribution is 2.40. The molecule has 3 heterocycles. The van der Waals surface area contributed by atoms with Gasteiger partial charge in [0, 0.05) is 42.9 Å². The van der Waals surface area contributed by atoms with E-state index >= 15 is 0 Å². The smallest absolute Gasteiger partial charge is 0.359 e. The van der Waals surface area contributed by atoms with Crippen molar-refractivity contribution in [2.45, 2.75) is 17.6 Å². The van der Waals surface area contributed by atoms with Crippen molar-refractivity contribution in [2.24, 2.45) is 0 Å². The van der Waals surface area contributed by atoms with E-state index in [1.165, 1.54) is 0 Å². The van der Waals surface area contributed by atoms with Crippen molar-refractivity contribution in [3.63, 3.8) is 0 Å². The maximum Gasteiger partial charge on any atom is 0.359 e. The molecule has 0 saturated carbocycles. The highest BCUT2D eigenvalue weighted by atomic mass is 32.2. The zero-order valence-electron chi connectivity index (χ0n) is 19.6. The molecule has 2 aromatic carbocycles. The van der Waals surface area contributed by atoms with Gasteiger partial charge in [-0.15, -0.1) is 0 Å². The number of piperazine rings is 1. The lowest BCUT2D eigenvalue weighted by Crippen LogP contribution is -2.47. The summed E-state index contributed by atoms with van der Waals surface area (Å²) < 4.78 is 32.8. The molecule has 3 aromatic rings. The van der Waals surface area contributed by atoms with Crippen molar-refractivity contribution in [3.05, 3.63) is 65.4 Å². The summed E-state index contributed by atoms with van der Waals surface area (Å²) in [5.74, 6) is -1.11. The molecular formula is C25H26N4O5S. The van der Waals surface area contributed by atoms with Crippen molar-refractivity contribution >= 4 is 21.7 Å². The molecule has 0 N–H and O–H groups in total. The lowest BCUT2D eigenvalue weighted by Gasteiger charge is -2.32. The largest absolute Gasteiger partial charge is 0.461 e. The minimum absolute atomic E-state index is 0.0317. The highest BCUT2D eigenvalue weighted by molar-refractivity contribution is 7.90. The number of fused-ring (bicyclic) bond motifs is 3. The maximum absolute atomic E-state index is 13.2. The van der Waals surface area contributed by atoms with Gasteiger partial charge in [0.15, 0.2) is 15.5 Å². The molecule has 0 aliphatic carbocycles. The Morgan fingerprint density at radius 1 is 1.03 bits per heavy atom. The Morgan fingerprint density at radius 3 is 2.51 bits per heavy atom. The predicted octanol–water partition coefficient (Wildman–Crippen LogP) is 2.39. The standard InChI is InChI=1S/C25H26N4O5S/c1-3-34-25(31)22-20-16-35(32,33)21-10-5-4-9-19(21)23(20)29(26-22)18-8-6-7-17(15-18)24(30)28-13-11-27(2)12-14-28/h4-10,15H,3,11-14,16H2,1-2H3. The molecule has 1 amide bonds. The molecule has 1 saturated heterocycles. The van der Waals surface area contributed by atoms with E-state index in [0.29, 0.717) is 41.2 Å². The van der Waals surface area contributed by atoms with Gasteiger partial charge in [-0.2, -0.15) is 5.10 Å². The Morgan fingerprint density at radius 2 is 1.77 bits per heavy atom. The number of aromatic nitrogens is 2. The molecule has 0 radical (unpaired) electrons. The Hall–Kier alpha value is -3.50. The van der Waals surface area contributed by atoms with Crippen LogP contribution in [0.3, 0.4) is 0 Å². The lowest BCUT2D eigenvalue weighted by molar-refractivity contribution is 0.0517. The molecule has 1 fully saturated rings. The van der Waals surface area contributed by atoms with Gasteiger partial charge >= 0.3 is 5.97 Å². The van der Waals surface area contributed by atoms with Crippen LogP contribution in [-0.2, 0) is 20.3 Å². The number of carbonyl (C=O) groups excluding carboxylic acids is 2. The summed E-state index contributed by atoms with van der Waals surface area (Å²) in [6.07, 6.45) is 0. The third kappa shape index (κ3) is 4.12. The normalized spacial score (nSPS) is 16.9. The van der Waals surface area contributed by atoms with E-state index < -0.39 is 15.8 Å². The van der Waals surface area contributed by atoms with Crippen LogP contribution in [0.15, 0.2) is 53.4 Å². The Bertz CT molecular complexity index is 1420. The molecular weight excluding hydrogens is 468 g/mol. The minimum Gasteiger partial charge on any atom is -0.461 e. The van der Waals surface area contributed by atoms with Crippen LogP contribution >= 0.6 is 0 Å². The number of hydrogen-bond acceptors (Lipinski definition) is 7. The van der Waals surface area contributed by atoms with Crippen LogP contribution in [0.25, 0.3) is 16.9 Å². The van der Waals surface area contributed by atoms with Crippen LogP contribution in [0.5, 0.6) is 0 Å². The average molecular weight is 495 g/mol. The number of rotatable bonds is 4. The van der Waals surface area contributed by atoms with E-state index in [4.69, 9.17) is 4.74 Å². The van der Waals surface area contributed by atoms with Crippen molar-refractivity contribution in [1.29, 1.82) is 0 Å². The van der Waals surface area contributed by atoms with Gasteiger partial charge in [-0.05, 0) is 38.2 Å². The molecule has 0 unspecified atom stereocenters. The minimum atomic E-state index is -3.66. The van der Waals surface area contributed by atoms with E-state index in [9.17, 15) is 18.0 Å². The molecule has 182 valence electrons. The van der Waals surface area contributed by atoms with Crippen molar-refractivity contribution in [1.82, 2.24) is 19.6 Å².